The summed E-state index contributed by atoms with van der Waals surface area (Å²) in [6.45, 7) is 10.5. The molecule has 1 heterocycles. The lowest BCUT2D eigenvalue weighted by Gasteiger charge is -2.11. The summed E-state index contributed by atoms with van der Waals surface area (Å²) in [5.41, 5.74) is 2.29. The molecule has 2 nitrogen and oxygen atoms in total. The van der Waals surface area contributed by atoms with Crippen molar-refractivity contribution < 1.29 is 0 Å². The van der Waals surface area contributed by atoms with E-state index in [1.165, 1.54) is 10.5 Å². The molecule has 0 spiro atoms. The molecule has 0 amide bonds. The molecule has 0 saturated heterocycles. The van der Waals surface area contributed by atoms with E-state index in [2.05, 4.69) is 61.9 Å². The van der Waals surface area contributed by atoms with Crippen molar-refractivity contribution in [2.24, 2.45) is 0 Å². The Labute approximate surface area is 136 Å². The van der Waals surface area contributed by atoms with Gasteiger partial charge in [-0.1, -0.05) is 63.2 Å². The Bertz CT molecular complexity index is 621. The fourth-order valence-electron chi connectivity index (χ4n) is 1.88. The average Bonchev–Trinajstić information content (AvgIpc) is 2.44. The molecule has 4 heteroatoms. The molecule has 112 valence electrons. The molecule has 21 heavy (non-hydrogen) atoms. The number of halogens is 1. The van der Waals surface area contributed by atoms with Crippen molar-refractivity contribution in [1.82, 2.24) is 9.97 Å². The molecule has 0 unspecified atom stereocenters. The third-order valence-electron chi connectivity index (χ3n) is 3.34. The van der Waals surface area contributed by atoms with Crippen molar-refractivity contribution >= 4 is 23.4 Å². The van der Waals surface area contributed by atoms with Crippen molar-refractivity contribution in [3.8, 4) is 0 Å². The SMILES string of the molecule is Cc1c(Cl)nc(C(C)C)nc1Sc1ccc(C(C)C)cc1. The van der Waals surface area contributed by atoms with Gasteiger partial charge in [0.05, 0.1) is 0 Å². The van der Waals surface area contributed by atoms with Crippen molar-refractivity contribution in [2.75, 3.05) is 0 Å². The number of nitrogens with zero attached hydrogens (tertiary/aromatic N) is 2. The molecule has 0 saturated carbocycles. The molecule has 0 N–H and O–H groups in total. The minimum atomic E-state index is 0.269. The van der Waals surface area contributed by atoms with Gasteiger partial charge in [0.1, 0.15) is 16.0 Å². The zero-order valence-electron chi connectivity index (χ0n) is 13.1. The maximum atomic E-state index is 6.23. The molecular formula is C17H21ClN2S. The van der Waals surface area contributed by atoms with Crippen LogP contribution in [0.1, 0.15) is 56.5 Å². The predicted molar refractivity (Wildman–Crippen MR) is 90.5 cm³/mol. The van der Waals surface area contributed by atoms with Gasteiger partial charge >= 0.3 is 0 Å². The lowest BCUT2D eigenvalue weighted by molar-refractivity contribution is 0.747. The second kappa shape index (κ2) is 6.80. The van der Waals surface area contributed by atoms with Gasteiger partial charge in [-0.15, -0.1) is 0 Å². The van der Waals surface area contributed by atoms with E-state index in [1.807, 2.05) is 6.92 Å². The molecule has 0 bridgehead atoms. The van der Waals surface area contributed by atoms with Crippen molar-refractivity contribution in [3.05, 3.63) is 46.4 Å². The van der Waals surface area contributed by atoms with Gasteiger partial charge in [-0.3, -0.25) is 0 Å². The van der Waals surface area contributed by atoms with E-state index >= 15 is 0 Å². The van der Waals surface area contributed by atoms with Crippen LogP contribution in [-0.4, -0.2) is 9.97 Å². The highest BCUT2D eigenvalue weighted by atomic mass is 35.5. The summed E-state index contributed by atoms with van der Waals surface area (Å²) >= 11 is 7.88. The zero-order valence-corrected chi connectivity index (χ0v) is 14.7. The topological polar surface area (TPSA) is 25.8 Å². The van der Waals surface area contributed by atoms with Gasteiger partial charge in [-0.2, -0.15) is 0 Å². The first-order valence-electron chi connectivity index (χ1n) is 7.20. The summed E-state index contributed by atoms with van der Waals surface area (Å²) in [6.07, 6.45) is 0. The number of aromatic nitrogens is 2. The zero-order chi connectivity index (χ0) is 15.6. The van der Waals surface area contributed by atoms with Crippen LogP contribution in [0.5, 0.6) is 0 Å². The summed E-state index contributed by atoms with van der Waals surface area (Å²) < 4.78 is 0. The molecule has 0 atom stereocenters. The van der Waals surface area contributed by atoms with Crippen LogP contribution in [-0.2, 0) is 0 Å². The third kappa shape index (κ3) is 3.98. The minimum absolute atomic E-state index is 0.269. The quantitative estimate of drug-likeness (QED) is 0.662. The van der Waals surface area contributed by atoms with Gasteiger partial charge in [0.15, 0.2) is 0 Å². The van der Waals surface area contributed by atoms with Gasteiger partial charge in [0.25, 0.3) is 0 Å². The summed E-state index contributed by atoms with van der Waals surface area (Å²) in [5.74, 6) is 1.62. The second-order valence-electron chi connectivity index (χ2n) is 5.78. The average molecular weight is 321 g/mol. The smallest absolute Gasteiger partial charge is 0.136 e. The lowest BCUT2D eigenvalue weighted by atomic mass is 10.0. The first-order chi connectivity index (χ1) is 9.88. The molecule has 0 fully saturated rings. The molecule has 2 rings (SSSR count). The highest BCUT2D eigenvalue weighted by molar-refractivity contribution is 7.99. The van der Waals surface area contributed by atoms with Gasteiger partial charge in [0, 0.05) is 16.4 Å². The standard InChI is InChI=1S/C17H21ClN2S/c1-10(2)13-6-8-14(9-7-13)21-17-12(5)15(18)19-16(20-17)11(3)4/h6-11H,1-5H3. The highest BCUT2D eigenvalue weighted by Crippen LogP contribution is 2.32. The van der Waals surface area contributed by atoms with Crippen LogP contribution in [0.4, 0.5) is 0 Å². The predicted octanol–water partition coefficient (Wildman–Crippen LogP) is 5.84. The summed E-state index contributed by atoms with van der Waals surface area (Å²) in [7, 11) is 0. The first-order valence-corrected chi connectivity index (χ1v) is 8.39. The molecule has 1 aromatic carbocycles. The van der Waals surface area contributed by atoms with Gasteiger partial charge in [0.2, 0.25) is 0 Å². The third-order valence-corrected chi connectivity index (χ3v) is 4.80. The Kier molecular flexibility index (Phi) is 5.28. The minimum Gasteiger partial charge on any atom is -0.226 e. The molecule has 0 aliphatic heterocycles. The van der Waals surface area contributed by atoms with Crippen molar-refractivity contribution in [2.45, 2.75) is 56.4 Å². The largest absolute Gasteiger partial charge is 0.226 e. The van der Waals surface area contributed by atoms with Gasteiger partial charge in [-0.25, -0.2) is 9.97 Å². The summed E-state index contributed by atoms with van der Waals surface area (Å²) in [6, 6.07) is 8.64. The Hall–Kier alpha value is -1.06. The van der Waals surface area contributed by atoms with Crippen LogP contribution in [0.3, 0.4) is 0 Å². The number of benzene rings is 1. The first kappa shape index (κ1) is 16.3. The van der Waals surface area contributed by atoms with Crippen LogP contribution in [0.25, 0.3) is 0 Å². The Morgan fingerprint density at radius 3 is 2.10 bits per heavy atom. The molecule has 0 aliphatic carbocycles. The molecule has 0 aliphatic rings. The Balaban J connectivity index is 2.30. The highest BCUT2D eigenvalue weighted by Gasteiger charge is 2.13. The van der Waals surface area contributed by atoms with Gasteiger partial charge in [-0.05, 0) is 30.5 Å². The normalized spacial score (nSPS) is 11.4. The molecule has 0 radical (unpaired) electrons. The Morgan fingerprint density at radius 2 is 1.57 bits per heavy atom. The number of hydrogen-bond acceptors (Lipinski definition) is 3. The van der Waals surface area contributed by atoms with Crippen LogP contribution in [0.2, 0.25) is 5.15 Å². The van der Waals surface area contributed by atoms with Crippen LogP contribution >= 0.6 is 23.4 Å². The second-order valence-corrected chi connectivity index (χ2v) is 7.20. The van der Waals surface area contributed by atoms with Crippen LogP contribution in [0.15, 0.2) is 34.2 Å². The van der Waals surface area contributed by atoms with Crippen LogP contribution < -0.4 is 0 Å². The maximum Gasteiger partial charge on any atom is 0.136 e. The monoisotopic (exact) mass is 320 g/mol. The van der Waals surface area contributed by atoms with E-state index in [4.69, 9.17) is 11.6 Å². The molecule has 1 aromatic heterocycles. The summed E-state index contributed by atoms with van der Waals surface area (Å²) in [5, 5.41) is 1.49. The number of hydrogen-bond donors (Lipinski definition) is 0. The fraction of sp³-hybridized carbons (Fsp3) is 0.412. The molecular weight excluding hydrogens is 300 g/mol. The van der Waals surface area contributed by atoms with Gasteiger partial charge < -0.3 is 0 Å². The van der Waals surface area contributed by atoms with Crippen molar-refractivity contribution in [1.29, 1.82) is 0 Å². The van der Waals surface area contributed by atoms with E-state index in [-0.39, 0.29) is 5.92 Å². The number of rotatable bonds is 4. The Morgan fingerprint density at radius 1 is 0.952 bits per heavy atom. The maximum absolute atomic E-state index is 6.23. The van der Waals surface area contributed by atoms with Crippen LogP contribution in [0, 0.1) is 6.92 Å². The van der Waals surface area contributed by atoms with E-state index < -0.39 is 0 Å². The van der Waals surface area contributed by atoms with E-state index in [9.17, 15) is 0 Å². The molecule has 2 aromatic rings. The van der Waals surface area contributed by atoms with E-state index in [0.717, 1.165) is 16.4 Å². The lowest BCUT2D eigenvalue weighted by Crippen LogP contribution is -2.01. The fourth-order valence-corrected chi connectivity index (χ4v) is 2.99. The summed E-state index contributed by atoms with van der Waals surface area (Å²) in [4.78, 5) is 10.2. The van der Waals surface area contributed by atoms with E-state index in [1.54, 1.807) is 11.8 Å². The van der Waals surface area contributed by atoms with Crippen molar-refractivity contribution in [3.63, 3.8) is 0 Å². The van der Waals surface area contributed by atoms with E-state index in [0.29, 0.717) is 11.1 Å².